The number of nitrogens with zero attached hydrogens (tertiary/aromatic N) is 2. The Labute approximate surface area is 252 Å². The fourth-order valence-electron chi connectivity index (χ4n) is 4.32. The Morgan fingerprint density at radius 3 is 2.24 bits per heavy atom. The molecule has 41 heavy (non-hydrogen) atoms. The number of benzene rings is 3. The third-order valence-corrected chi connectivity index (χ3v) is 8.67. The van der Waals surface area contributed by atoms with Crippen LogP contribution in [0.4, 0.5) is 5.69 Å². The van der Waals surface area contributed by atoms with E-state index in [4.69, 9.17) is 27.9 Å². The van der Waals surface area contributed by atoms with E-state index >= 15 is 0 Å². The molecule has 0 heterocycles. The quantitative estimate of drug-likeness (QED) is 0.226. The molecule has 0 spiro atoms. The van der Waals surface area contributed by atoms with Crippen LogP contribution in [0.2, 0.25) is 10.0 Å². The van der Waals surface area contributed by atoms with Crippen molar-refractivity contribution in [2.75, 3.05) is 24.5 Å². The van der Waals surface area contributed by atoms with Crippen LogP contribution in [-0.2, 0) is 26.2 Å². The van der Waals surface area contributed by atoms with Crippen LogP contribution >= 0.6 is 23.2 Å². The predicted octanol–water partition coefficient (Wildman–Crippen LogP) is 5.92. The topological polar surface area (TPSA) is 96.0 Å². The molecule has 0 aliphatic carbocycles. The highest BCUT2D eigenvalue weighted by Gasteiger charge is 2.34. The molecular formula is C30H35Cl2N3O5S. The fourth-order valence-corrected chi connectivity index (χ4v) is 6.26. The highest BCUT2D eigenvalue weighted by molar-refractivity contribution is 7.92. The zero-order valence-corrected chi connectivity index (χ0v) is 25.7. The van der Waals surface area contributed by atoms with Crippen molar-refractivity contribution in [3.8, 4) is 5.75 Å². The first kappa shape index (κ1) is 32.2. The second-order valence-corrected chi connectivity index (χ2v) is 12.1. The van der Waals surface area contributed by atoms with Gasteiger partial charge in [-0.2, -0.15) is 0 Å². The summed E-state index contributed by atoms with van der Waals surface area (Å²) in [4.78, 5) is 28.8. The zero-order chi connectivity index (χ0) is 30.0. The molecule has 11 heteroatoms. The van der Waals surface area contributed by atoms with Crippen molar-refractivity contribution >= 4 is 50.7 Å². The van der Waals surface area contributed by atoms with Crippen LogP contribution in [0.15, 0.2) is 77.7 Å². The maximum absolute atomic E-state index is 14.1. The number of rotatable bonds is 14. The second-order valence-electron chi connectivity index (χ2n) is 9.39. The molecule has 0 radical (unpaired) electrons. The standard InChI is InChI=1S/C30H35Cl2N3O5S/c1-4-6-15-33-30(37)28(5-2)34(20-22-11-10-12-26(16-22)40-3)29(36)21-35(25-18-23(31)17-24(32)19-25)41(38,39)27-13-8-7-9-14-27/h7-14,16-19,28H,4-6,15,20-21H2,1-3H3,(H,33,37). The van der Waals surface area contributed by atoms with Gasteiger partial charge in [0, 0.05) is 23.1 Å². The first-order valence-corrected chi connectivity index (χ1v) is 15.5. The Hall–Kier alpha value is -3.27. The van der Waals surface area contributed by atoms with Crippen molar-refractivity contribution in [3.63, 3.8) is 0 Å². The SMILES string of the molecule is CCCCNC(=O)C(CC)N(Cc1cccc(OC)c1)C(=O)CN(c1cc(Cl)cc(Cl)c1)S(=O)(=O)c1ccccc1. The average molecular weight is 621 g/mol. The van der Waals surface area contributed by atoms with Crippen LogP contribution in [0.3, 0.4) is 0 Å². The van der Waals surface area contributed by atoms with Crippen LogP contribution < -0.4 is 14.4 Å². The van der Waals surface area contributed by atoms with Gasteiger partial charge in [0.15, 0.2) is 0 Å². The van der Waals surface area contributed by atoms with E-state index < -0.39 is 28.5 Å². The highest BCUT2D eigenvalue weighted by atomic mass is 35.5. The largest absolute Gasteiger partial charge is 0.497 e. The molecule has 8 nitrogen and oxygen atoms in total. The number of halogens is 2. The third kappa shape index (κ3) is 8.61. The number of hydrogen-bond acceptors (Lipinski definition) is 5. The lowest BCUT2D eigenvalue weighted by Crippen LogP contribution is -2.52. The van der Waals surface area contributed by atoms with Crippen LogP contribution in [-0.4, -0.2) is 51.4 Å². The lowest BCUT2D eigenvalue weighted by atomic mass is 10.1. The van der Waals surface area contributed by atoms with Gasteiger partial charge in [0.1, 0.15) is 18.3 Å². The summed E-state index contributed by atoms with van der Waals surface area (Å²) in [5.41, 5.74) is 0.849. The van der Waals surface area contributed by atoms with Gasteiger partial charge in [0.05, 0.1) is 17.7 Å². The minimum atomic E-state index is -4.22. The Morgan fingerprint density at radius 2 is 1.63 bits per heavy atom. The van der Waals surface area contributed by atoms with Gasteiger partial charge < -0.3 is 15.0 Å². The zero-order valence-electron chi connectivity index (χ0n) is 23.3. The van der Waals surface area contributed by atoms with Gasteiger partial charge in [0.2, 0.25) is 11.8 Å². The molecule has 0 aliphatic heterocycles. The van der Waals surface area contributed by atoms with Crippen molar-refractivity contribution in [2.45, 2.75) is 50.6 Å². The summed E-state index contributed by atoms with van der Waals surface area (Å²) in [5.74, 6) is -0.279. The lowest BCUT2D eigenvalue weighted by Gasteiger charge is -2.33. The van der Waals surface area contributed by atoms with Crippen molar-refractivity contribution in [3.05, 3.63) is 88.4 Å². The molecule has 1 unspecified atom stereocenters. The van der Waals surface area contributed by atoms with Gasteiger partial charge in [-0.1, -0.05) is 73.8 Å². The number of carbonyl (C=O) groups is 2. The van der Waals surface area contributed by atoms with Crippen LogP contribution in [0.25, 0.3) is 0 Å². The number of amides is 2. The Balaban J connectivity index is 2.06. The van der Waals surface area contributed by atoms with Gasteiger partial charge in [-0.05, 0) is 60.9 Å². The van der Waals surface area contributed by atoms with Crippen molar-refractivity contribution < 1.29 is 22.7 Å². The summed E-state index contributed by atoms with van der Waals surface area (Å²) in [6.07, 6.45) is 2.02. The monoisotopic (exact) mass is 619 g/mol. The number of hydrogen-bond donors (Lipinski definition) is 1. The van der Waals surface area contributed by atoms with E-state index in [9.17, 15) is 18.0 Å². The summed E-state index contributed by atoms with van der Waals surface area (Å²) in [6.45, 7) is 3.78. The summed E-state index contributed by atoms with van der Waals surface area (Å²) < 4.78 is 34.1. The first-order valence-electron chi connectivity index (χ1n) is 13.3. The number of nitrogens with one attached hydrogen (secondary N) is 1. The fraction of sp³-hybridized carbons (Fsp3) is 0.333. The maximum atomic E-state index is 14.1. The summed E-state index contributed by atoms with van der Waals surface area (Å²) in [6, 6.07) is 18.5. The number of anilines is 1. The van der Waals surface area contributed by atoms with Gasteiger partial charge in [-0.25, -0.2) is 8.42 Å². The van der Waals surface area contributed by atoms with E-state index in [1.165, 1.54) is 35.2 Å². The van der Waals surface area contributed by atoms with Crippen molar-refractivity contribution in [1.82, 2.24) is 10.2 Å². The second kappa shape index (κ2) is 15.1. The molecule has 0 aromatic heterocycles. The molecule has 0 fully saturated rings. The van der Waals surface area contributed by atoms with Crippen molar-refractivity contribution in [2.24, 2.45) is 0 Å². The summed E-state index contributed by atoms with van der Waals surface area (Å²) in [5, 5.41) is 3.33. The maximum Gasteiger partial charge on any atom is 0.264 e. The number of ether oxygens (including phenoxy) is 1. The smallest absolute Gasteiger partial charge is 0.264 e. The number of sulfonamides is 1. The molecule has 3 aromatic rings. The van der Waals surface area contributed by atoms with E-state index in [1.807, 2.05) is 19.9 Å². The molecule has 0 aliphatic rings. The van der Waals surface area contributed by atoms with E-state index in [1.54, 1.807) is 43.5 Å². The van der Waals surface area contributed by atoms with Crippen molar-refractivity contribution in [1.29, 1.82) is 0 Å². The lowest BCUT2D eigenvalue weighted by molar-refractivity contribution is -0.140. The Bertz CT molecular complexity index is 1420. The highest BCUT2D eigenvalue weighted by Crippen LogP contribution is 2.30. The molecular weight excluding hydrogens is 585 g/mol. The summed E-state index contributed by atoms with van der Waals surface area (Å²) >= 11 is 12.5. The molecule has 1 atom stereocenters. The van der Waals surface area contributed by atoms with Gasteiger partial charge in [0.25, 0.3) is 10.0 Å². The molecule has 0 saturated heterocycles. The van der Waals surface area contributed by atoms with E-state index in [-0.39, 0.29) is 33.1 Å². The normalized spacial score (nSPS) is 11.9. The molecule has 0 saturated carbocycles. The first-order chi connectivity index (χ1) is 19.6. The van der Waals surface area contributed by atoms with E-state index in [0.717, 1.165) is 22.7 Å². The molecule has 3 rings (SSSR count). The van der Waals surface area contributed by atoms with E-state index in [2.05, 4.69) is 5.32 Å². The van der Waals surface area contributed by atoms with Gasteiger partial charge >= 0.3 is 0 Å². The average Bonchev–Trinajstić information content (AvgIpc) is 2.95. The molecule has 0 bridgehead atoms. The van der Waals surface area contributed by atoms with Gasteiger partial charge in [-0.15, -0.1) is 0 Å². The Morgan fingerprint density at radius 1 is 0.951 bits per heavy atom. The number of carbonyl (C=O) groups excluding carboxylic acids is 2. The minimum absolute atomic E-state index is 0.00686. The molecule has 3 aromatic carbocycles. The predicted molar refractivity (Wildman–Crippen MR) is 163 cm³/mol. The van der Waals surface area contributed by atoms with Gasteiger partial charge in [-0.3, -0.25) is 13.9 Å². The molecule has 2 amide bonds. The number of unbranched alkanes of at least 4 members (excludes halogenated alkanes) is 1. The van der Waals surface area contributed by atoms with Crippen LogP contribution in [0, 0.1) is 0 Å². The molecule has 220 valence electrons. The summed E-state index contributed by atoms with van der Waals surface area (Å²) in [7, 11) is -2.68. The number of methoxy groups -OCH3 is 1. The van der Waals surface area contributed by atoms with E-state index in [0.29, 0.717) is 18.7 Å². The van der Waals surface area contributed by atoms with Crippen LogP contribution in [0.5, 0.6) is 5.75 Å². The van der Waals surface area contributed by atoms with Crippen LogP contribution in [0.1, 0.15) is 38.7 Å². The Kier molecular flexibility index (Phi) is 11.9. The minimum Gasteiger partial charge on any atom is -0.497 e. The molecule has 1 N–H and O–H groups in total. The third-order valence-electron chi connectivity index (χ3n) is 6.45.